The van der Waals surface area contributed by atoms with Crippen LogP contribution in [0.1, 0.15) is 25.0 Å². The van der Waals surface area contributed by atoms with E-state index in [0.29, 0.717) is 12.6 Å². The average Bonchev–Trinajstić information content (AvgIpc) is 2.43. The molecule has 3 heteroatoms. The van der Waals surface area contributed by atoms with Crippen molar-refractivity contribution in [2.45, 2.75) is 33.0 Å². The summed E-state index contributed by atoms with van der Waals surface area (Å²) in [4.78, 5) is 2.31. The fourth-order valence-electron chi connectivity index (χ4n) is 2.14. The zero-order valence-corrected chi connectivity index (χ0v) is 12.0. The van der Waals surface area contributed by atoms with Gasteiger partial charge >= 0.3 is 0 Å². The van der Waals surface area contributed by atoms with Crippen molar-refractivity contribution < 1.29 is 4.39 Å². The monoisotopic (exact) mass is 272 g/mol. The molecule has 0 aromatic heterocycles. The van der Waals surface area contributed by atoms with E-state index < -0.39 is 0 Å². The Kier molecular flexibility index (Phi) is 4.74. The fraction of sp³-hybridized carbons (Fsp3) is 0.294. The van der Waals surface area contributed by atoms with E-state index in [1.165, 1.54) is 11.6 Å². The van der Waals surface area contributed by atoms with Gasteiger partial charge in [0.2, 0.25) is 0 Å². The summed E-state index contributed by atoms with van der Waals surface area (Å²) in [6.45, 7) is 5.86. The smallest absolute Gasteiger partial charge is 0.146 e. The molecule has 0 radical (unpaired) electrons. The highest BCUT2D eigenvalue weighted by atomic mass is 19.1. The van der Waals surface area contributed by atoms with Crippen LogP contribution in [-0.4, -0.2) is 10.9 Å². The van der Waals surface area contributed by atoms with Gasteiger partial charge < -0.3 is 5.73 Å². The molecule has 2 aromatic carbocycles. The normalized spacial score (nSPS) is 11.2. The quantitative estimate of drug-likeness (QED) is 0.838. The number of nitrogen functional groups attached to an aromatic ring is 1. The van der Waals surface area contributed by atoms with Crippen molar-refractivity contribution in [3.63, 3.8) is 0 Å². The molecule has 0 aliphatic carbocycles. The first-order chi connectivity index (χ1) is 9.56. The number of nitrogens with zero attached hydrogens (tertiary/aromatic N) is 1. The SMILES string of the molecule is CC(C)N(Cc1ccccc1)Cc1ccc(N)c(F)c1. The van der Waals surface area contributed by atoms with E-state index >= 15 is 0 Å². The summed E-state index contributed by atoms with van der Waals surface area (Å²) in [6, 6.07) is 15.7. The third-order valence-electron chi connectivity index (χ3n) is 3.41. The van der Waals surface area contributed by atoms with E-state index in [4.69, 9.17) is 5.73 Å². The second kappa shape index (κ2) is 6.53. The van der Waals surface area contributed by atoms with Gasteiger partial charge in [-0.2, -0.15) is 0 Å². The van der Waals surface area contributed by atoms with Crippen LogP contribution in [0.25, 0.3) is 0 Å². The topological polar surface area (TPSA) is 29.3 Å². The molecule has 106 valence electrons. The number of anilines is 1. The first-order valence-electron chi connectivity index (χ1n) is 6.88. The van der Waals surface area contributed by atoms with Gasteiger partial charge in [0.25, 0.3) is 0 Å². The largest absolute Gasteiger partial charge is 0.396 e. The number of halogens is 1. The third-order valence-corrected chi connectivity index (χ3v) is 3.41. The van der Waals surface area contributed by atoms with Gasteiger partial charge in [0.1, 0.15) is 5.82 Å². The summed E-state index contributed by atoms with van der Waals surface area (Å²) in [5.41, 5.74) is 7.92. The molecule has 0 unspecified atom stereocenters. The molecule has 0 heterocycles. The minimum Gasteiger partial charge on any atom is -0.396 e. The summed E-state index contributed by atoms with van der Waals surface area (Å²) < 4.78 is 13.5. The number of nitrogens with two attached hydrogens (primary N) is 1. The summed E-state index contributed by atoms with van der Waals surface area (Å²) in [5.74, 6) is -0.342. The van der Waals surface area contributed by atoms with Gasteiger partial charge in [0.05, 0.1) is 5.69 Å². The van der Waals surface area contributed by atoms with E-state index in [9.17, 15) is 4.39 Å². The summed E-state index contributed by atoms with van der Waals surface area (Å²) >= 11 is 0. The predicted octanol–water partition coefficient (Wildman–Crippen LogP) is 3.82. The zero-order valence-electron chi connectivity index (χ0n) is 12.0. The van der Waals surface area contributed by atoms with Crippen LogP contribution in [0.4, 0.5) is 10.1 Å². The Morgan fingerprint density at radius 3 is 2.25 bits per heavy atom. The third kappa shape index (κ3) is 3.81. The Bertz CT molecular complexity index is 552. The van der Waals surface area contributed by atoms with E-state index in [1.54, 1.807) is 6.07 Å². The van der Waals surface area contributed by atoms with E-state index in [1.807, 2.05) is 24.3 Å². The van der Waals surface area contributed by atoms with Gasteiger partial charge in [0.15, 0.2) is 0 Å². The van der Waals surface area contributed by atoms with Crippen LogP contribution in [-0.2, 0) is 13.1 Å². The van der Waals surface area contributed by atoms with Crippen LogP contribution < -0.4 is 5.73 Å². The minimum atomic E-state index is -0.342. The molecular formula is C17H21FN2. The molecule has 0 saturated heterocycles. The predicted molar refractivity (Wildman–Crippen MR) is 81.6 cm³/mol. The van der Waals surface area contributed by atoms with Gasteiger partial charge in [0, 0.05) is 19.1 Å². The van der Waals surface area contributed by atoms with Crippen LogP contribution in [0.15, 0.2) is 48.5 Å². The lowest BCUT2D eigenvalue weighted by Gasteiger charge is -2.26. The molecule has 2 rings (SSSR count). The van der Waals surface area contributed by atoms with Crippen molar-refractivity contribution >= 4 is 5.69 Å². The minimum absolute atomic E-state index is 0.202. The van der Waals surface area contributed by atoms with Crippen molar-refractivity contribution in [2.24, 2.45) is 0 Å². The Labute approximate surface area is 120 Å². The number of hydrogen-bond donors (Lipinski definition) is 1. The number of benzene rings is 2. The zero-order chi connectivity index (χ0) is 14.5. The van der Waals surface area contributed by atoms with Gasteiger partial charge in [-0.1, -0.05) is 36.4 Å². The molecule has 0 amide bonds. The van der Waals surface area contributed by atoms with Gasteiger partial charge in [-0.15, -0.1) is 0 Å². The van der Waals surface area contributed by atoms with E-state index in [2.05, 4.69) is 30.9 Å². The molecule has 0 saturated carbocycles. The number of rotatable bonds is 5. The van der Waals surface area contributed by atoms with E-state index in [-0.39, 0.29) is 11.5 Å². The Balaban J connectivity index is 2.11. The highest BCUT2D eigenvalue weighted by Crippen LogP contribution is 2.17. The highest BCUT2D eigenvalue weighted by Gasteiger charge is 2.11. The Morgan fingerprint density at radius 2 is 1.65 bits per heavy atom. The van der Waals surface area contributed by atoms with Crippen molar-refractivity contribution in [1.29, 1.82) is 0 Å². The van der Waals surface area contributed by atoms with Gasteiger partial charge in [-0.05, 0) is 37.1 Å². The Hall–Kier alpha value is -1.87. The lowest BCUT2D eigenvalue weighted by molar-refractivity contribution is 0.203. The van der Waals surface area contributed by atoms with Crippen molar-refractivity contribution in [2.75, 3.05) is 5.73 Å². The van der Waals surface area contributed by atoms with Crippen molar-refractivity contribution in [3.8, 4) is 0 Å². The molecule has 2 N–H and O–H groups in total. The maximum absolute atomic E-state index is 13.5. The van der Waals surface area contributed by atoms with Crippen molar-refractivity contribution in [3.05, 3.63) is 65.5 Å². The summed E-state index contributed by atoms with van der Waals surface area (Å²) in [5, 5.41) is 0. The standard InChI is InChI=1S/C17H21FN2/c1-13(2)20(11-14-6-4-3-5-7-14)12-15-8-9-17(19)16(18)10-15/h3-10,13H,11-12,19H2,1-2H3. The Morgan fingerprint density at radius 1 is 1.00 bits per heavy atom. The molecule has 2 nitrogen and oxygen atoms in total. The summed E-state index contributed by atoms with van der Waals surface area (Å²) in [7, 11) is 0. The second-order valence-corrected chi connectivity index (χ2v) is 5.34. The molecular weight excluding hydrogens is 251 g/mol. The van der Waals surface area contributed by atoms with Crippen LogP contribution in [0.3, 0.4) is 0 Å². The molecule has 0 atom stereocenters. The molecule has 20 heavy (non-hydrogen) atoms. The maximum Gasteiger partial charge on any atom is 0.146 e. The molecule has 0 aliphatic rings. The second-order valence-electron chi connectivity index (χ2n) is 5.34. The lowest BCUT2D eigenvalue weighted by Crippen LogP contribution is -2.29. The number of hydrogen-bond acceptors (Lipinski definition) is 2. The average molecular weight is 272 g/mol. The molecule has 0 spiro atoms. The van der Waals surface area contributed by atoms with Crippen molar-refractivity contribution in [1.82, 2.24) is 4.90 Å². The van der Waals surface area contributed by atoms with Crippen LogP contribution in [0.5, 0.6) is 0 Å². The van der Waals surface area contributed by atoms with Crippen LogP contribution in [0.2, 0.25) is 0 Å². The summed E-state index contributed by atoms with van der Waals surface area (Å²) in [6.07, 6.45) is 0. The maximum atomic E-state index is 13.5. The van der Waals surface area contributed by atoms with E-state index in [0.717, 1.165) is 12.1 Å². The first kappa shape index (κ1) is 14.5. The molecule has 0 bridgehead atoms. The highest BCUT2D eigenvalue weighted by molar-refractivity contribution is 5.41. The first-order valence-corrected chi connectivity index (χ1v) is 6.88. The lowest BCUT2D eigenvalue weighted by atomic mass is 10.1. The molecule has 0 fully saturated rings. The van der Waals surface area contributed by atoms with Crippen LogP contribution >= 0.6 is 0 Å². The fourth-order valence-corrected chi connectivity index (χ4v) is 2.14. The van der Waals surface area contributed by atoms with Gasteiger partial charge in [-0.3, -0.25) is 4.90 Å². The molecule has 0 aliphatic heterocycles. The molecule has 2 aromatic rings. The van der Waals surface area contributed by atoms with Gasteiger partial charge in [-0.25, -0.2) is 4.39 Å². The van der Waals surface area contributed by atoms with Crippen LogP contribution in [0, 0.1) is 5.82 Å².